The maximum absolute atomic E-state index is 14.5. The van der Waals surface area contributed by atoms with Crippen LogP contribution in [0.5, 0.6) is 0 Å². The Morgan fingerprint density at radius 2 is 0.679 bits per heavy atom. The third kappa shape index (κ3) is 14.8. The van der Waals surface area contributed by atoms with Crippen LogP contribution in [0.25, 0.3) is 0 Å². The van der Waals surface area contributed by atoms with Crippen molar-refractivity contribution in [2.45, 2.75) is 118 Å². The molecule has 8 nitrogen and oxygen atoms in total. The van der Waals surface area contributed by atoms with E-state index in [-0.39, 0.29) is 12.8 Å². The van der Waals surface area contributed by atoms with Gasteiger partial charge in [0.25, 0.3) is 0 Å². The Balaban J connectivity index is 1.68. The topological polar surface area (TPSA) is 116 Å². The van der Waals surface area contributed by atoms with E-state index in [1.54, 1.807) is 12.1 Å². The fourth-order valence-electron chi connectivity index (χ4n) is 6.87. The van der Waals surface area contributed by atoms with Crippen LogP contribution in [0.1, 0.15) is 114 Å². The van der Waals surface area contributed by atoms with E-state index in [2.05, 4.69) is 49.0 Å². The zero-order valence-electron chi connectivity index (χ0n) is 33.9. The number of benzene rings is 4. The quantitative estimate of drug-likeness (QED) is 0.0602. The van der Waals surface area contributed by atoms with Crippen molar-refractivity contribution in [1.29, 1.82) is 0 Å². The van der Waals surface area contributed by atoms with Crippen LogP contribution in [0.3, 0.4) is 0 Å². The van der Waals surface area contributed by atoms with Gasteiger partial charge in [0, 0.05) is 35.6 Å². The molecule has 0 aliphatic carbocycles. The highest BCUT2D eigenvalue weighted by atomic mass is 16.2. The summed E-state index contributed by atoms with van der Waals surface area (Å²) < 4.78 is 0. The van der Waals surface area contributed by atoms with E-state index in [4.69, 9.17) is 0 Å². The monoisotopic (exact) mass is 758 g/mol. The third-order valence-corrected chi connectivity index (χ3v) is 10.1. The summed E-state index contributed by atoms with van der Waals surface area (Å²) in [5.41, 5.74) is 6.78. The van der Waals surface area contributed by atoms with Crippen LogP contribution in [0.4, 0.5) is 22.7 Å². The number of amides is 4. The molecule has 0 aliphatic rings. The van der Waals surface area contributed by atoms with Gasteiger partial charge in [-0.05, 0) is 122 Å². The first-order valence-electron chi connectivity index (χ1n) is 20.8. The summed E-state index contributed by atoms with van der Waals surface area (Å²) in [6.45, 7) is 8.54. The summed E-state index contributed by atoms with van der Waals surface area (Å²) in [7, 11) is 0. The summed E-state index contributed by atoms with van der Waals surface area (Å²) in [6, 6.07) is 30.7. The Morgan fingerprint density at radius 1 is 0.411 bits per heavy atom. The second kappa shape index (κ2) is 23.6. The first-order chi connectivity index (χ1) is 27.2. The number of aryl methyl sites for hydroxylation is 4. The average Bonchev–Trinajstić information content (AvgIpc) is 3.19. The average molecular weight is 759 g/mol. The Labute approximate surface area is 334 Å². The van der Waals surface area contributed by atoms with E-state index in [0.717, 1.165) is 99.3 Å². The number of carbonyl (C=O) groups excluding carboxylic acids is 4. The van der Waals surface area contributed by atoms with Crippen molar-refractivity contribution < 1.29 is 19.2 Å². The molecule has 2 unspecified atom stereocenters. The Morgan fingerprint density at radius 3 is 0.946 bits per heavy atom. The van der Waals surface area contributed by atoms with Crippen molar-refractivity contribution in [3.05, 3.63) is 119 Å². The van der Waals surface area contributed by atoms with Crippen LogP contribution >= 0.6 is 0 Å². The van der Waals surface area contributed by atoms with E-state index < -0.39 is 35.5 Å². The van der Waals surface area contributed by atoms with Crippen molar-refractivity contribution in [3.63, 3.8) is 0 Å². The fourth-order valence-corrected chi connectivity index (χ4v) is 6.87. The summed E-state index contributed by atoms with van der Waals surface area (Å²) in [5, 5.41) is 12.0. The molecule has 56 heavy (non-hydrogen) atoms. The second-order valence-corrected chi connectivity index (χ2v) is 14.9. The molecule has 0 aromatic heterocycles. The Kier molecular flexibility index (Phi) is 18.3. The summed E-state index contributed by atoms with van der Waals surface area (Å²) in [4.78, 5) is 56.7. The van der Waals surface area contributed by atoms with E-state index in [1.165, 1.54) is 0 Å². The third-order valence-electron chi connectivity index (χ3n) is 10.1. The number of rotatable bonds is 23. The van der Waals surface area contributed by atoms with E-state index in [9.17, 15) is 19.2 Å². The van der Waals surface area contributed by atoms with Crippen LogP contribution in [-0.2, 0) is 44.9 Å². The first kappa shape index (κ1) is 43.5. The van der Waals surface area contributed by atoms with Gasteiger partial charge < -0.3 is 21.3 Å². The van der Waals surface area contributed by atoms with Gasteiger partial charge in [0.15, 0.2) is 0 Å². The minimum Gasteiger partial charge on any atom is -0.326 e. The van der Waals surface area contributed by atoms with Crippen molar-refractivity contribution in [3.8, 4) is 0 Å². The predicted molar refractivity (Wildman–Crippen MR) is 231 cm³/mol. The highest BCUT2D eigenvalue weighted by Crippen LogP contribution is 2.27. The largest absolute Gasteiger partial charge is 0.326 e. The number of unbranched alkanes of at least 4 members (excludes halogenated alkanes) is 4. The Bertz CT molecular complexity index is 1740. The van der Waals surface area contributed by atoms with Crippen molar-refractivity contribution in [2.75, 3.05) is 21.3 Å². The molecule has 4 aromatic carbocycles. The molecule has 4 N–H and O–H groups in total. The highest BCUT2D eigenvalue weighted by molar-refractivity contribution is 6.05. The lowest BCUT2D eigenvalue weighted by atomic mass is 9.84. The molecule has 0 heterocycles. The van der Waals surface area contributed by atoms with Gasteiger partial charge in [-0.25, -0.2) is 0 Å². The van der Waals surface area contributed by atoms with Gasteiger partial charge in [-0.1, -0.05) is 102 Å². The van der Waals surface area contributed by atoms with Crippen molar-refractivity contribution in [1.82, 2.24) is 0 Å². The lowest BCUT2D eigenvalue weighted by Crippen LogP contribution is -2.40. The zero-order valence-corrected chi connectivity index (χ0v) is 33.9. The normalized spacial score (nSPS) is 12.0. The second-order valence-electron chi connectivity index (χ2n) is 14.9. The van der Waals surface area contributed by atoms with E-state index in [1.807, 2.05) is 84.9 Å². The number of anilines is 4. The van der Waals surface area contributed by atoms with Crippen LogP contribution in [-0.4, -0.2) is 23.6 Å². The molecule has 0 spiro atoms. The molecule has 8 heteroatoms. The predicted octanol–water partition coefficient (Wildman–Crippen LogP) is 10.9. The molecule has 4 amide bonds. The van der Waals surface area contributed by atoms with E-state index in [0.29, 0.717) is 22.7 Å². The van der Waals surface area contributed by atoms with Gasteiger partial charge in [-0.15, -0.1) is 0 Å². The van der Waals surface area contributed by atoms with Crippen molar-refractivity contribution >= 4 is 46.4 Å². The smallest absolute Gasteiger partial charge is 0.228 e. The minimum absolute atomic E-state index is 0.311. The van der Waals surface area contributed by atoms with Gasteiger partial charge in [0.05, 0.1) is 11.8 Å². The molecule has 0 fully saturated rings. The van der Waals surface area contributed by atoms with Gasteiger partial charge in [-0.3, -0.25) is 19.2 Å². The van der Waals surface area contributed by atoms with Crippen molar-refractivity contribution in [2.24, 2.45) is 11.8 Å². The maximum atomic E-state index is 14.5. The number of hydrogen-bond acceptors (Lipinski definition) is 4. The summed E-state index contributed by atoms with van der Waals surface area (Å²) in [5.74, 6) is -4.20. The molecule has 0 bridgehead atoms. The molecule has 0 saturated heterocycles. The van der Waals surface area contributed by atoms with Gasteiger partial charge in [0.2, 0.25) is 23.6 Å². The van der Waals surface area contributed by atoms with E-state index >= 15 is 0 Å². The van der Waals surface area contributed by atoms with Gasteiger partial charge in [0.1, 0.15) is 0 Å². The fraction of sp³-hybridized carbons (Fsp3) is 0.417. The molecular formula is C48H62N4O4. The molecule has 0 aliphatic heterocycles. The van der Waals surface area contributed by atoms with Gasteiger partial charge in [-0.2, -0.15) is 0 Å². The summed E-state index contributed by atoms with van der Waals surface area (Å²) in [6.07, 6.45) is 11.2. The zero-order chi connectivity index (χ0) is 40.1. The maximum Gasteiger partial charge on any atom is 0.228 e. The molecule has 0 saturated carbocycles. The van der Waals surface area contributed by atoms with Crippen LogP contribution in [0.2, 0.25) is 0 Å². The molecule has 4 aromatic rings. The standard InChI is InChI=1S/C48H62N4O4/c1-5-9-17-35-21-13-25-39(29-35)49-45(53)33-43(47(55)51-41-27-15-23-37(31-41)19-11-7-3)44(48(56)52-42-28-16-24-38(32-42)20-12-8-4)34-46(54)50-40-26-14-22-36(30-40)18-10-6-2/h13-16,21-32,43-44H,5-12,17-20,33-34H2,1-4H3,(H,49,53)(H,50,54)(H,51,55)(H,52,56). The SMILES string of the molecule is CCCCc1cccc(NC(=O)CC(C(=O)Nc2cccc(CCCC)c2)C(CC(=O)Nc2cccc(CCCC)c2)C(=O)Nc2cccc(CCCC)c2)c1. The summed E-state index contributed by atoms with van der Waals surface area (Å²) >= 11 is 0. The van der Waals surface area contributed by atoms with Gasteiger partial charge >= 0.3 is 0 Å². The highest BCUT2D eigenvalue weighted by Gasteiger charge is 2.37. The van der Waals surface area contributed by atoms with Crippen LogP contribution in [0.15, 0.2) is 97.1 Å². The number of nitrogens with one attached hydrogen (secondary N) is 4. The molecule has 0 radical (unpaired) electrons. The van der Waals surface area contributed by atoms with Crippen LogP contribution in [0, 0.1) is 11.8 Å². The molecule has 2 atom stereocenters. The molecule has 4 rings (SSSR count). The van der Waals surface area contributed by atoms with Crippen LogP contribution < -0.4 is 21.3 Å². The lowest BCUT2D eigenvalue weighted by Gasteiger charge is -2.26. The molecular weight excluding hydrogens is 697 g/mol. The Hall–Kier alpha value is -5.24. The number of hydrogen-bond donors (Lipinski definition) is 4. The lowest BCUT2D eigenvalue weighted by molar-refractivity contribution is -0.134. The minimum atomic E-state index is -1.18. The first-order valence-corrected chi connectivity index (χ1v) is 20.8. The number of carbonyl (C=O) groups is 4. The molecule has 298 valence electrons.